The van der Waals surface area contributed by atoms with E-state index in [-0.39, 0.29) is 12.1 Å². The van der Waals surface area contributed by atoms with Crippen LogP contribution in [0.1, 0.15) is 53.4 Å². The highest BCUT2D eigenvalue weighted by atomic mass is 16.3. The molecule has 0 spiro atoms. The van der Waals surface area contributed by atoms with Gasteiger partial charge in [-0.2, -0.15) is 0 Å². The molecular weight excluding hydrogens is 224 g/mol. The Balaban J connectivity index is 2.37. The van der Waals surface area contributed by atoms with Crippen LogP contribution in [0.25, 0.3) is 0 Å². The first-order valence-electron chi connectivity index (χ1n) is 7.60. The Morgan fingerprint density at radius 3 is 2.72 bits per heavy atom. The Morgan fingerprint density at radius 2 is 2.17 bits per heavy atom. The third-order valence-corrected chi connectivity index (χ3v) is 4.15. The quantitative estimate of drug-likeness (QED) is 0.733. The Morgan fingerprint density at radius 1 is 1.44 bits per heavy atom. The molecule has 2 unspecified atom stereocenters. The molecular formula is C15H32N2O. The van der Waals surface area contributed by atoms with Gasteiger partial charge in [0.25, 0.3) is 0 Å². The van der Waals surface area contributed by atoms with E-state index < -0.39 is 0 Å². The number of aliphatic hydroxyl groups is 1. The molecule has 108 valence electrons. The summed E-state index contributed by atoms with van der Waals surface area (Å²) < 4.78 is 0. The van der Waals surface area contributed by atoms with Crippen LogP contribution in [0.3, 0.4) is 0 Å². The number of nitrogens with zero attached hydrogens (tertiary/aromatic N) is 1. The molecule has 1 fully saturated rings. The molecule has 0 aromatic carbocycles. The van der Waals surface area contributed by atoms with Gasteiger partial charge in [0.15, 0.2) is 0 Å². The molecule has 0 aliphatic carbocycles. The molecule has 3 heteroatoms. The lowest BCUT2D eigenvalue weighted by atomic mass is 9.93. The molecule has 2 atom stereocenters. The lowest BCUT2D eigenvalue weighted by Gasteiger charge is -2.37. The van der Waals surface area contributed by atoms with E-state index in [1.54, 1.807) is 0 Å². The van der Waals surface area contributed by atoms with Crippen molar-refractivity contribution in [3.63, 3.8) is 0 Å². The van der Waals surface area contributed by atoms with Crippen LogP contribution < -0.4 is 5.32 Å². The van der Waals surface area contributed by atoms with Crippen LogP contribution in [0.15, 0.2) is 0 Å². The molecule has 1 aliphatic heterocycles. The van der Waals surface area contributed by atoms with Crippen molar-refractivity contribution in [1.82, 2.24) is 10.2 Å². The summed E-state index contributed by atoms with van der Waals surface area (Å²) in [6, 6.07) is 0.423. The fraction of sp³-hybridized carbons (Fsp3) is 1.00. The minimum atomic E-state index is -0.132. The molecule has 1 heterocycles. The van der Waals surface area contributed by atoms with Crippen molar-refractivity contribution in [3.05, 3.63) is 0 Å². The Bertz CT molecular complexity index is 233. The standard InChI is InChI=1S/C15H32N2O/c1-5-14-7-6-9-17(11-14)10-8-15(4,12-18)16-13(2)3/h13-14,16,18H,5-12H2,1-4H3. The third-order valence-electron chi connectivity index (χ3n) is 4.15. The van der Waals surface area contributed by atoms with E-state index in [9.17, 15) is 5.11 Å². The molecule has 1 saturated heterocycles. The minimum absolute atomic E-state index is 0.132. The zero-order valence-corrected chi connectivity index (χ0v) is 12.7. The average Bonchev–Trinajstić information content (AvgIpc) is 2.36. The van der Waals surface area contributed by atoms with Gasteiger partial charge in [-0.05, 0) is 45.2 Å². The number of hydrogen-bond donors (Lipinski definition) is 2. The van der Waals surface area contributed by atoms with Gasteiger partial charge >= 0.3 is 0 Å². The van der Waals surface area contributed by atoms with E-state index in [0.717, 1.165) is 18.9 Å². The number of hydrogen-bond acceptors (Lipinski definition) is 3. The maximum Gasteiger partial charge on any atom is 0.0611 e. The predicted molar refractivity (Wildman–Crippen MR) is 77.8 cm³/mol. The Hall–Kier alpha value is -0.120. The lowest BCUT2D eigenvalue weighted by molar-refractivity contribution is 0.117. The molecule has 2 N–H and O–H groups in total. The summed E-state index contributed by atoms with van der Waals surface area (Å²) in [5.41, 5.74) is -0.132. The summed E-state index contributed by atoms with van der Waals surface area (Å²) in [6.45, 7) is 12.5. The highest BCUT2D eigenvalue weighted by molar-refractivity contribution is 4.85. The minimum Gasteiger partial charge on any atom is -0.394 e. The van der Waals surface area contributed by atoms with Gasteiger partial charge in [-0.3, -0.25) is 0 Å². The summed E-state index contributed by atoms with van der Waals surface area (Å²) >= 11 is 0. The summed E-state index contributed by atoms with van der Waals surface area (Å²) in [6.07, 6.45) is 5.07. The van der Waals surface area contributed by atoms with E-state index in [2.05, 4.69) is 37.9 Å². The predicted octanol–water partition coefficient (Wildman–Crippen LogP) is 2.25. The van der Waals surface area contributed by atoms with Gasteiger partial charge in [-0.15, -0.1) is 0 Å². The van der Waals surface area contributed by atoms with E-state index in [0.29, 0.717) is 6.04 Å². The maximum absolute atomic E-state index is 9.58. The van der Waals surface area contributed by atoms with Crippen molar-refractivity contribution >= 4 is 0 Å². The first-order valence-corrected chi connectivity index (χ1v) is 7.60. The summed E-state index contributed by atoms with van der Waals surface area (Å²) in [4.78, 5) is 2.58. The number of piperidine rings is 1. The molecule has 1 rings (SSSR count). The van der Waals surface area contributed by atoms with Crippen LogP contribution in [0.5, 0.6) is 0 Å². The van der Waals surface area contributed by atoms with Gasteiger partial charge in [0, 0.05) is 18.1 Å². The van der Waals surface area contributed by atoms with Crippen LogP contribution in [0, 0.1) is 5.92 Å². The molecule has 0 aromatic rings. The van der Waals surface area contributed by atoms with Gasteiger partial charge in [-0.25, -0.2) is 0 Å². The molecule has 0 amide bonds. The second-order valence-electron chi connectivity index (χ2n) is 6.48. The average molecular weight is 256 g/mol. The van der Waals surface area contributed by atoms with Gasteiger partial charge < -0.3 is 15.3 Å². The second-order valence-corrected chi connectivity index (χ2v) is 6.48. The smallest absolute Gasteiger partial charge is 0.0611 e. The van der Waals surface area contributed by atoms with E-state index in [1.165, 1.54) is 32.4 Å². The van der Waals surface area contributed by atoms with Gasteiger partial charge in [0.05, 0.1) is 6.61 Å². The molecule has 0 saturated carbocycles. The van der Waals surface area contributed by atoms with Crippen molar-refractivity contribution in [2.24, 2.45) is 5.92 Å². The van der Waals surface area contributed by atoms with E-state index in [4.69, 9.17) is 0 Å². The SMILES string of the molecule is CCC1CCCN(CCC(C)(CO)NC(C)C)C1. The molecule has 0 radical (unpaired) electrons. The molecule has 0 bridgehead atoms. The fourth-order valence-electron chi connectivity index (χ4n) is 2.99. The largest absolute Gasteiger partial charge is 0.394 e. The van der Waals surface area contributed by atoms with Crippen molar-refractivity contribution in [3.8, 4) is 0 Å². The van der Waals surface area contributed by atoms with Crippen molar-refractivity contribution in [1.29, 1.82) is 0 Å². The Labute approximate surface area is 113 Å². The second kappa shape index (κ2) is 7.46. The van der Waals surface area contributed by atoms with E-state index >= 15 is 0 Å². The molecule has 1 aliphatic rings. The summed E-state index contributed by atoms with van der Waals surface area (Å²) in [5.74, 6) is 0.886. The monoisotopic (exact) mass is 256 g/mol. The number of nitrogens with one attached hydrogen (secondary N) is 1. The third kappa shape index (κ3) is 5.25. The summed E-state index contributed by atoms with van der Waals surface area (Å²) in [5, 5.41) is 13.1. The Kier molecular flexibility index (Phi) is 6.61. The van der Waals surface area contributed by atoms with Crippen LogP contribution in [0.2, 0.25) is 0 Å². The van der Waals surface area contributed by atoms with Crippen molar-refractivity contribution < 1.29 is 5.11 Å². The molecule has 0 aromatic heterocycles. The number of likely N-dealkylation sites (tertiary alicyclic amines) is 1. The van der Waals surface area contributed by atoms with Gasteiger partial charge in [0.2, 0.25) is 0 Å². The zero-order chi connectivity index (χ0) is 13.6. The highest BCUT2D eigenvalue weighted by Crippen LogP contribution is 2.20. The van der Waals surface area contributed by atoms with Crippen molar-refractivity contribution in [2.75, 3.05) is 26.2 Å². The lowest BCUT2D eigenvalue weighted by Crippen LogP contribution is -2.51. The normalized spacial score (nSPS) is 25.3. The van der Waals surface area contributed by atoms with Crippen LogP contribution >= 0.6 is 0 Å². The van der Waals surface area contributed by atoms with E-state index in [1.807, 2.05) is 0 Å². The topological polar surface area (TPSA) is 35.5 Å². The maximum atomic E-state index is 9.58. The summed E-state index contributed by atoms with van der Waals surface area (Å²) in [7, 11) is 0. The van der Waals surface area contributed by atoms with Crippen LogP contribution in [-0.4, -0.2) is 47.8 Å². The van der Waals surface area contributed by atoms with Gasteiger partial charge in [0.1, 0.15) is 0 Å². The first kappa shape index (κ1) is 15.9. The number of rotatable bonds is 7. The van der Waals surface area contributed by atoms with Crippen molar-refractivity contribution in [2.45, 2.75) is 65.0 Å². The zero-order valence-electron chi connectivity index (χ0n) is 12.7. The van der Waals surface area contributed by atoms with Crippen LogP contribution in [-0.2, 0) is 0 Å². The fourth-order valence-corrected chi connectivity index (χ4v) is 2.99. The van der Waals surface area contributed by atoms with Gasteiger partial charge in [-0.1, -0.05) is 27.2 Å². The number of aliphatic hydroxyl groups excluding tert-OH is 1. The highest BCUT2D eigenvalue weighted by Gasteiger charge is 2.26. The molecule has 3 nitrogen and oxygen atoms in total. The van der Waals surface area contributed by atoms with Crippen LogP contribution in [0.4, 0.5) is 0 Å². The molecule has 18 heavy (non-hydrogen) atoms. The first-order chi connectivity index (χ1) is 8.49.